The number of anilines is 3. The molecule has 2 aromatic rings. The molecule has 1 aromatic heterocycles. The molecule has 2 rings (SSSR count). The van der Waals surface area contributed by atoms with E-state index < -0.39 is 11.6 Å². The third kappa shape index (κ3) is 3.61. The second kappa shape index (κ2) is 6.08. The highest BCUT2D eigenvalue weighted by Crippen LogP contribution is 2.20. The topological polar surface area (TPSA) is 49.8 Å². The van der Waals surface area contributed by atoms with Crippen LogP contribution in [0.4, 0.5) is 26.1 Å². The Morgan fingerprint density at radius 3 is 2.63 bits per heavy atom. The number of hydrogen-bond acceptors (Lipinski definition) is 4. The van der Waals surface area contributed by atoms with Crippen molar-refractivity contribution in [2.24, 2.45) is 0 Å². The van der Waals surface area contributed by atoms with Gasteiger partial charge >= 0.3 is 0 Å². The Balaban J connectivity index is 2.14. The molecule has 2 N–H and O–H groups in total. The van der Waals surface area contributed by atoms with Crippen molar-refractivity contribution in [1.29, 1.82) is 0 Å². The summed E-state index contributed by atoms with van der Waals surface area (Å²) in [6.45, 7) is 2.84. The van der Waals surface area contributed by atoms with Gasteiger partial charge in [0.15, 0.2) is 0 Å². The van der Waals surface area contributed by atoms with E-state index in [-0.39, 0.29) is 5.69 Å². The lowest BCUT2D eigenvalue weighted by atomic mass is 10.3. The van der Waals surface area contributed by atoms with Gasteiger partial charge in [-0.1, -0.05) is 6.92 Å². The first-order valence-electron chi connectivity index (χ1n) is 5.97. The van der Waals surface area contributed by atoms with Gasteiger partial charge in [0.05, 0.1) is 5.69 Å². The van der Waals surface area contributed by atoms with Crippen LogP contribution in [0.15, 0.2) is 30.6 Å². The van der Waals surface area contributed by atoms with Crippen LogP contribution < -0.4 is 10.6 Å². The van der Waals surface area contributed by atoms with Crippen LogP contribution in [-0.2, 0) is 0 Å². The molecule has 0 aliphatic heterocycles. The van der Waals surface area contributed by atoms with Gasteiger partial charge in [0.1, 0.15) is 29.6 Å². The van der Waals surface area contributed by atoms with Crippen LogP contribution >= 0.6 is 0 Å². The molecule has 0 amide bonds. The molecule has 0 fully saturated rings. The monoisotopic (exact) mass is 264 g/mol. The lowest BCUT2D eigenvalue weighted by Crippen LogP contribution is -2.04. The maximum atomic E-state index is 13.5. The zero-order chi connectivity index (χ0) is 13.7. The molecule has 0 atom stereocenters. The molecule has 1 aromatic carbocycles. The summed E-state index contributed by atoms with van der Waals surface area (Å²) in [5, 5.41) is 5.88. The molecule has 0 bridgehead atoms. The van der Waals surface area contributed by atoms with E-state index in [4.69, 9.17) is 0 Å². The molecule has 1 heterocycles. The van der Waals surface area contributed by atoms with Crippen molar-refractivity contribution in [3.63, 3.8) is 0 Å². The zero-order valence-electron chi connectivity index (χ0n) is 10.5. The highest BCUT2D eigenvalue weighted by atomic mass is 19.1. The maximum Gasteiger partial charge on any atom is 0.149 e. The van der Waals surface area contributed by atoms with Gasteiger partial charge in [0, 0.05) is 18.7 Å². The molecule has 0 saturated carbocycles. The number of nitrogens with zero attached hydrogens (tertiary/aromatic N) is 2. The average Bonchev–Trinajstić information content (AvgIpc) is 2.40. The Bertz CT molecular complexity index is 560. The SMILES string of the molecule is CCCNc1cc(Nc2ccc(F)cc2F)ncn1. The smallest absolute Gasteiger partial charge is 0.149 e. The molecule has 0 radical (unpaired) electrons. The molecule has 6 heteroatoms. The Labute approximate surface area is 109 Å². The van der Waals surface area contributed by atoms with Gasteiger partial charge in [-0.05, 0) is 18.6 Å². The largest absolute Gasteiger partial charge is 0.370 e. The van der Waals surface area contributed by atoms with Crippen molar-refractivity contribution in [3.8, 4) is 0 Å². The number of nitrogens with one attached hydrogen (secondary N) is 2. The van der Waals surface area contributed by atoms with E-state index in [0.717, 1.165) is 19.0 Å². The van der Waals surface area contributed by atoms with E-state index in [2.05, 4.69) is 20.6 Å². The molecule has 100 valence electrons. The first-order valence-corrected chi connectivity index (χ1v) is 5.97. The van der Waals surface area contributed by atoms with Crippen molar-refractivity contribution in [2.75, 3.05) is 17.2 Å². The minimum absolute atomic E-state index is 0.168. The average molecular weight is 264 g/mol. The normalized spacial score (nSPS) is 10.3. The summed E-state index contributed by atoms with van der Waals surface area (Å²) in [7, 11) is 0. The van der Waals surface area contributed by atoms with E-state index in [1.807, 2.05) is 6.92 Å². The third-order valence-corrected chi connectivity index (χ3v) is 2.42. The molecule has 0 saturated heterocycles. The lowest BCUT2D eigenvalue weighted by Gasteiger charge is -2.08. The second-order valence-electron chi connectivity index (χ2n) is 3.96. The Kier molecular flexibility index (Phi) is 4.22. The summed E-state index contributed by atoms with van der Waals surface area (Å²) in [6.07, 6.45) is 2.35. The fraction of sp³-hybridized carbons (Fsp3) is 0.231. The summed E-state index contributed by atoms with van der Waals surface area (Å²) in [5.41, 5.74) is 0.168. The van der Waals surface area contributed by atoms with Crippen LogP contribution in [0.5, 0.6) is 0 Å². The fourth-order valence-electron chi connectivity index (χ4n) is 1.50. The number of hydrogen-bond donors (Lipinski definition) is 2. The number of benzene rings is 1. The lowest BCUT2D eigenvalue weighted by molar-refractivity contribution is 0.586. The van der Waals surface area contributed by atoms with Crippen LogP contribution in [0.25, 0.3) is 0 Å². The molecule has 0 aliphatic carbocycles. The van der Waals surface area contributed by atoms with Gasteiger partial charge in [-0.15, -0.1) is 0 Å². The molecule has 0 unspecified atom stereocenters. The molecular formula is C13H14F2N4. The van der Waals surface area contributed by atoms with E-state index in [1.54, 1.807) is 6.07 Å². The van der Waals surface area contributed by atoms with Crippen LogP contribution in [0, 0.1) is 11.6 Å². The Hall–Kier alpha value is -2.24. The number of halogens is 2. The first kappa shape index (κ1) is 13.2. The number of aromatic nitrogens is 2. The second-order valence-corrected chi connectivity index (χ2v) is 3.96. The van der Waals surface area contributed by atoms with Crippen molar-refractivity contribution in [2.45, 2.75) is 13.3 Å². The minimum atomic E-state index is -0.665. The predicted octanol–water partition coefficient (Wildman–Crippen LogP) is 3.32. The van der Waals surface area contributed by atoms with Gasteiger partial charge in [-0.2, -0.15) is 0 Å². The van der Waals surface area contributed by atoms with Crippen molar-refractivity contribution in [1.82, 2.24) is 9.97 Å². The van der Waals surface area contributed by atoms with Gasteiger partial charge in [-0.25, -0.2) is 18.7 Å². The molecule has 19 heavy (non-hydrogen) atoms. The summed E-state index contributed by atoms with van der Waals surface area (Å²) >= 11 is 0. The molecular weight excluding hydrogens is 250 g/mol. The van der Waals surface area contributed by atoms with E-state index in [0.29, 0.717) is 11.6 Å². The number of rotatable bonds is 5. The van der Waals surface area contributed by atoms with Crippen LogP contribution in [0.1, 0.15) is 13.3 Å². The third-order valence-electron chi connectivity index (χ3n) is 2.42. The predicted molar refractivity (Wildman–Crippen MR) is 70.5 cm³/mol. The zero-order valence-corrected chi connectivity index (χ0v) is 10.5. The van der Waals surface area contributed by atoms with Crippen molar-refractivity contribution in [3.05, 3.63) is 42.2 Å². The van der Waals surface area contributed by atoms with Gasteiger partial charge in [0.25, 0.3) is 0 Å². The highest BCUT2D eigenvalue weighted by molar-refractivity contribution is 5.59. The summed E-state index contributed by atoms with van der Waals surface area (Å²) in [5.74, 6) is -0.182. The summed E-state index contributed by atoms with van der Waals surface area (Å²) in [4.78, 5) is 8.02. The van der Waals surface area contributed by atoms with E-state index in [9.17, 15) is 8.78 Å². The fourth-order valence-corrected chi connectivity index (χ4v) is 1.50. The van der Waals surface area contributed by atoms with Gasteiger partial charge in [-0.3, -0.25) is 0 Å². The standard InChI is InChI=1S/C13H14F2N4/c1-2-5-16-12-7-13(18-8-17-12)19-11-4-3-9(14)6-10(11)15/h3-4,6-8H,2,5H2,1H3,(H2,16,17,18,19). The molecule has 0 spiro atoms. The van der Waals surface area contributed by atoms with Crippen molar-refractivity contribution < 1.29 is 8.78 Å². The molecule has 4 nitrogen and oxygen atoms in total. The Morgan fingerprint density at radius 2 is 1.89 bits per heavy atom. The van der Waals surface area contributed by atoms with Crippen molar-refractivity contribution >= 4 is 17.3 Å². The van der Waals surface area contributed by atoms with E-state index in [1.165, 1.54) is 18.5 Å². The molecule has 0 aliphatic rings. The summed E-state index contributed by atoms with van der Waals surface area (Å²) in [6, 6.07) is 4.99. The van der Waals surface area contributed by atoms with Crippen LogP contribution in [0.3, 0.4) is 0 Å². The highest BCUT2D eigenvalue weighted by Gasteiger charge is 2.05. The maximum absolute atomic E-state index is 13.5. The van der Waals surface area contributed by atoms with E-state index >= 15 is 0 Å². The van der Waals surface area contributed by atoms with Gasteiger partial charge in [0.2, 0.25) is 0 Å². The quantitative estimate of drug-likeness (QED) is 0.869. The van der Waals surface area contributed by atoms with Gasteiger partial charge < -0.3 is 10.6 Å². The Morgan fingerprint density at radius 1 is 1.11 bits per heavy atom. The van der Waals surface area contributed by atoms with Crippen LogP contribution in [0.2, 0.25) is 0 Å². The minimum Gasteiger partial charge on any atom is -0.370 e. The van der Waals surface area contributed by atoms with Crippen LogP contribution in [-0.4, -0.2) is 16.5 Å². The summed E-state index contributed by atoms with van der Waals surface area (Å²) < 4.78 is 26.3. The first-order chi connectivity index (χ1) is 9.19.